The molecule has 0 saturated carbocycles. The van der Waals surface area contributed by atoms with E-state index >= 15 is 0 Å². The van der Waals surface area contributed by atoms with Gasteiger partial charge in [0.15, 0.2) is 11.5 Å². The van der Waals surface area contributed by atoms with Gasteiger partial charge in [-0.1, -0.05) is 6.07 Å². The molecule has 3 fully saturated rings. The number of rotatable bonds is 7. The minimum atomic E-state index is 0.679. The molecule has 1 aromatic carbocycles. The first kappa shape index (κ1) is 19.0. The molecule has 27 heavy (non-hydrogen) atoms. The lowest BCUT2D eigenvalue weighted by Gasteiger charge is -2.26. The van der Waals surface area contributed by atoms with Crippen LogP contribution in [-0.2, 0) is 11.3 Å². The van der Waals surface area contributed by atoms with Crippen molar-refractivity contribution < 1.29 is 14.2 Å². The van der Waals surface area contributed by atoms with E-state index in [4.69, 9.17) is 14.2 Å². The lowest BCUT2D eigenvalue weighted by atomic mass is 10.1. The van der Waals surface area contributed by atoms with Gasteiger partial charge in [0.2, 0.25) is 0 Å². The van der Waals surface area contributed by atoms with Crippen LogP contribution in [0.4, 0.5) is 0 Å². The summed E-state index contributed by atoms with van der Waals surface area (Å²) in [6.45, 7) is 9.89. The quantitative estimate of drug-likeness (QED) is 0.720. The zero-order valence-corrected chi connectivity index (χ0v) is 16.7. The Labute approximate surface area is 163 Å². The van der Waals surface area contributed by atoms with Crippen molar-refractivity contribution in [1.82, 2.24) is 14.7 Å². The van der Waals surface area contributed by atoms with Crippen molar-refractivity contribution >= 4 is 0 Å². The van der Waals surface area contributed by atoms with Crippen LogP contribution in [0.5, 0.6) is 11.5 Å². The Morgan fingerprint density at radius 1 is 1.07 bits per heavy atom. The fraction of sp³-hybridized carbons (Fsp3) is 0.714. The zero-order valence-electron chi connectivity index (χ0n) is 16.7. The summed E-state index contributed by atoms with van der Waals surface area (Å²) in [5.41, 5.74) is 1.31. The van der Waals surface area contributed by atoms with E-state index in [0.717, 1.165) is 62.9 Å². The van der Waals surface area contributed by atoms with Crippen molar-refractivity contribution in [2.45, 2.75) is 19.0 Å². The maximum Gasteiger partial charge on any atom is 0.161 e. The Kier molecular flexibility index (Phi) is 6.18. The zero-order chi connectivity index (χ0) is 18.6. The molecule has 3 aliphatic heterocycles. The third kappa shape index (κ3) is 4.57. The molecule has 150 valence electrons. The number of nitrogens with zero attached hydrogens (tertiary/aromatic N) is 3. The van der Waals surface area contributed by atoms with Crippen molar-refractivity contribution in [2.75, 3.05) is 73.2 Å². The van der Waals surface area contributed by atoms with Gasteiger partial charge < -0.3 is 19.1 Å². The van der Waals surface area contributed by atoms with Crippen LogP contribution in [0.25, 0.3) is 0 Å². The Balaban J connectivity index is 1.33. The van der Waals surface area contributed by atoms with Crippen LogP contribution >= 0.6 is 0 Å². The summed E-state index contributed by atoms with van der Waals surface area (Å²) in [5, 5.41) is 0. The molecule has 0 aromatic heterocycles. The molecule has 0 amide bonds. The number of hydrogen-bond acceptors (Lipinski definition) is 6. The van der Waals surface area contributed by atoms with E-state index in [9.17, 15) is 0 Å². The Morgan fingerprint density at radius 2 is 1.93 bits per heavy atom. The third-order valence-corrected chi connectivity index (χ3v) is 6.30. The molecule has 0 bridgehead atoms. The van der Waals surface area contributed by atoms with Gasteiger partial charge in [-0.3, -0.25) is 9.80 Å². The van der Waals surface area contributed by atoms with Crippen molar-refractivity contribution in [3.63, 3.8) is 0 Å². The second-order valence-corrected chi connectivity index (χ2v) is 8.08. The van der Waals surface area contributed by atoms with Gasteiger partial charge in [-0.25, -0.2) is 0 Å². The summed E-state index contributed by atoms with van der Waals surface area (Å²) in [5.74, 6) is 2.52. The van der Waals surface area contributed by atoms with Crippen LogP contribution in [-0.4, -0.2) is 94.0 Å². The molecule has 1 aromatic rings. The van der Waals surface area contributed by atoms with E-state index in [1.165, 1.54) is 31.6 Å². The van der Waals surface area contributed by atoms with E-state index in [1.54, 1.807) is 7.11 Å². The van der Waals surface area contributed by atoms with E-state index in [-0.39, 0.29) is 0 Å². The first-order valence-electron chi connectivity index (χ1n) is 10.3. The van der Waals surface area contributed by atoms with Crippen molar-refractivity contribution in [2.24, 2.45) is 5.92 Å². The summed E-state index contributed by atoms with van der Waals surface area (Å²) in [7, 11) is 3.98. The van der Waals surface area contributed by atoms with E-state index < -0.39 is 0 Å². The van der Waals surface area contributed by atoms with Gasteiger partial charge in [0, 0.05) is 45.3 Å². The van der Waals surface area contributed by atoms with Gasteiger partial charge in [-0.2, -0.15) is 0 Å². The van der Waals surface area contributed by atoms with Gasteiger partial charge in [-0.15, -0.1) is 0 Å². The second kappa shape index (κ2) is 8.78. The number of methoxy groups -OCH3 is 1. The monoisotopic (exact) mass is 375 g/mol. The maximum atomic E-state index is 6.09. The van der Waals surface area contributed by atoms with Crippen LogP contribution in [0.2, 0.25) is 0 Å². The molecule has 2 atom stereocenters. The normalized spacial score (nSPS) is 27.0. The molecule has 0 unspecified atom stereocenters. The van der Waals surface area contributed by atoms with Crippen LogP contribution in [0.15, 0.2) is 18.2 Å². The van der Waals surface area contributed by atoms with Crippen molar-refractivity contribution in [3.05, 3.63) is 23.8 Å². The highest BCUT2D eigenvalue weighted by atomic mass is 16.5. The Morgan fingerprint density at radius 3 is 2.70 bits per heavy atom. The Hall–Kier alpha value is -1.34. The fourth-order valence-corrected chi connectivity index (χ4v) is 4.69. The summed E-state index contributed by atoms with van der Waals surface area (Å²) < 4.78 is 17.0. The second-order valence-electron chi connectivity index (χ2n) is 8.08. The van der Waals surface area contributed by atoms with Crippen molar-refractivity contribution in [3.8, 4) is 11.5 Å². The molecular weight excluding hydrogens is 342 g/mol. The Bertz CT molecular complexity index is 621. The number of ether oxygens (including phenoxy) is 3. The number of fused-ring (bicyclic) bond motifs is 1. The van der Waals surface area contributed by atoms with Gasteiger partial charge in [0.05, 0.1) is 20.3 Å². The average Bonchev–Trinajstić information content (AvgIpc) is 3.24. The SMILES string of the molecule is COc1ccc(CN2C[C@H]3CCN(C)[C@H]3C2)cc1OCCN1CCOCC1. The minimum absolute atomic E-state index is 0.679. The van der Waals surface area contributed by atoms with Gasteiger partial charge >= 0.3 is 0 Å². The van der Waals surface area contributed by atoms with Crippen LogP contribution in [0, 0.1) is 5.92 Å². The molecule has 0 N–H and O–H groups in total. The molecular formula is C21H33N3O3. The largest absolute Gasteiger partial charge is 0.493 e. The summed E-state index contributed by atoms with van der Waals surface area (Å²) >= 11 is 0. The number of morpholine rings is 1. The van der Waals surface area contributed by atoms with Crippen LogP contribution in [0.3, 0.4) is 0 Å². The van der Waals surface area contributed by atoms with Crippen molar-refractivity contribution in [1.29, 1.82) is 0 Å². The minimum Gasteiger partial charge on any atom is -0.493 e. The molecule has 0 spiro atoms. The predicted octanol–water partition coefficient (Wildman–Crippen LogP) is 1.54. The molecule has 6 heteroatoms. The smallest absolute Gasteiger partial charge is 0.161 e. The lowest BCUT2D eigenvalue weighted by molar-refractivity contribution is 0.0321. The number of hydrogen-bond donors (Lipinski definition) is 0. The van der Waals surface area contributed by atoms with Gasteiger partial charge in [-0.05, 0) is 43.6 Å². The predicted molar refractivity (Wildman–Crippen MR) is 106 cm³/mol. The first-order valence-corrected chi connectivity index (χ1v) is 10.3. The van der Waals surface area contributed by atoms with E-state index in [1.807, 2.05) is 6.07 Å². The molecule has 3 heterocycles. The molecule has 3 saturated heterocycles. The molecule has 0 radical (unpaired) electrons. The van der Waals surface area contributed by atoms with Crippen LogP contribution in [0.1, 0.15) is 12.0 Å². The number of benzene rings is 1. The van der Waals surface area contributed by atoms with E-state index in [0.29, 0.717) is 6.61 Å². The molecule has 4 rings (SSSR count). The first-order chi connectivity index (χ1) is 13.2. The van der Waals surface area contributed by atoms with E-state index in [2.05, 4.69) is 33.9 Å². The summed E-state index contributed by atoms with van der Waals surface area (Å²) in [4.78, 5) is 7.50. The van der Waals surface area contributed by atoms with Gasteiger partial charge in [0.25, 0.3) is 0 Å². The standard InChI is InChI=1S/C21H33N3O3/c1-22-6-5-18-15-24(16-19(18)22)14-17-3-4-20(25-2)21(13-17)27-12-9-23-7-10-26-11-8-23/h3-4,13,18-19H,5-12,14-16H2,1-2H3/t18-,19+/m1/s1. The molecule has 0 aliphatic carbocycles. The topological polar surface area (TPSA) is 37.4 Å². The molecule has 6 nitrogen and oxygen atoms in total. The highest BCUT2D eigenvalue weighted by Crippen LogP contribution is 2.33. The maximum absolute atomic E-state index is 6.09. The van der Waals surface area contributed by atoms with Gasteiger partial charge in [0.1, 0.15) is 6.61 Å². The average molecular weight is 376 g/mol. The highest BCUT2D eigenvalue weighted by molar-refractivity contribution is 5.43. The lowest BCUT2D eigenvalue weighted by Crippen LogP contribution is -2.38. The summed E-state index contributed by atoms with van der Waals surface area (Å²) in [6.07, 6.45) is 1.34. The third-order valence-electron chi connectivity index (χ3n) is 6.30. The highest BCUT2D eigenvalue weighted by Gasteiger charge is 2.39. The van der Waals surface area contributed by atoms with Crippen LogP contribution < -0.4 is 9.47 Å². The number of likely N-dealkylation sites (N-methyl/N-ethyl adjacent to an activating group) is 1. The summed E-state index contributed by atoms with van der Waals surface area (Å²) in [6, 6.07) is 7.12. The fourth-order valence-electron chi connectivity index (χ4n) is 4.69. The number of likely N-dealkylation sites (tertiary alicyclic amines) is 2. The molecule has 3 aliphatic rings.